The molecule has 1 aliphatic carbocycles. The van der Waals surface area contributed by atoms with Gasteiger partial charge in [0.25, 0.3) is 0 Å². The first-order valence-corrected chi connectivity index (χ1v) is 8.23. The first kappa shape index (κ1) is 14.4. The van der Waals surface area contributed by atoms with Gasteiger partial charge in [-0.05, 0) is 37.8 Å². The van der Waals surface area contributed by atoms with Crippen LogP contribution in [0.3, 0.4) is 0 Å². The maximum atomic E-state index is 12.0. The summed E-state index contributed by atoms with van der Waals surface area (Å²) in [5, 5.41) is 2.84. The molecule has 1 heterocycles. The van der Waals surface area contributed by atoms with Gasteiger partial charge in [-0.3, -0.25) is 4.98 Å². The number of hydrogen-bond acceptors (Lipinski definition) is 4. The molecule has 1 unspecified atom stereocenters. The summed E-state index contributed by atoms with van der Waals surface area (Å²) >= 11 is 0. The topological polar surface area (TPSA) is 71.1 Å². The Morgan fingerprint density at radius 3 is 2.89 bits per heavy atom. The van der Waals surface area contributed by atoms with Gasteiger partial charge in [0.05, 0.1) is 5.25 Å². The predicted octanol–water partition coefficient (Wildman–Crippen LogP) is 0.684. The summed E-state index contributed by atoms with van der Waals surface area (Å²) in [6, 6.07) is 4.33. The number of rotatable bonds is 8. The molecule has 5 nitrogen and oxygen atoms in total. The Labute approximate surface area is 114 Å². The van der Waals surface area contributed by atoms with Crippen LogP contribution < -0.4 is 10.0 Å². The number of aromatic nitrogens is 1. The van der Waals surface area contributed by atoms with E-state index in [1.54, 1.807) is 19.3 Å². The number of nitrogens with one attached hydrogen (secondary N) is 2. The molecule has 0 spiro atoms. The van der Waals surface area contributed by atoms with Crippen LogP contribution >= 0.6 is 0 Å². The van der Waals surface area contributed by atoms with Crippen LogP contribution in [0.1, 0.15) is 25.3 Å². The second kappa shape index (κ2) is 6.45. The van der Waals surface area contributed by atoms with E-state index in [-0.39, 0.29) is 0 Å². The minimum absolute atomic E-state index is 0.401. The second-order valence-corrected chi connectivity index (χ2v) is 7.23. The Morgan fingerprint density at radius 1 is 1.47 bits per heavy atom. The molecule has 0 radical (unpaired) electrons. The van der Waals surface area contributed by atoms with Gasteiger partial charge in [-0.2, -0.15) is 0 Å². The van der Waals surface area contributed by atoms with Crippen LogP contribution in [0, 0.1) is 0 Å². The molecule has 19 heavy (non-hydrogen) atoms. The Morgan fingerprint density at radius 2 is 2.26 bits per heavy atom. The number of pyridine rings is 1. The fraction of sp³-hybridized carbons (Fsp3) is 0.615. The molecule has 2 rings (SSSR count). The molecule has 106 valence electrons. The summed E-state index contributed by atoms with van der Waals surface area (Å²) in [4.78, 5) is 4.00. The minimum Gasteiger partial charge on any atom is -0.313 e. The highest BCUT2D eigenvalue weighted by Gasteiger charge is 2.25. The van der Waals surface area contributed by atoms with Gasteiger partial charge in [0, 0.05) is 31.5 Å². The molecule has 0 aliphatic heterocycles. The standard InChI is InChI=1S/C13H21N3O2S/c1-11(9-15-13-4-5-13)19(17,18)16-8-6-12-3-2-7-14-10-12/h2-3,7,10-11,13,15-16H,4-6,8-9H2,1H3. The molecule has 1 aliphatic rings. The van der Waals surface area contributed by atoms with Crippen molar-refractivity contribution in [2.24, 2.45) is 0 Å². The number of hydrogen-bond donors (Lipinski definition) is 2. The average Bonchev–Trinajstić information content (AvgIpc) is 3.21. The van der Waals surface area contributed by atoms with E-state index in [4.69, 9.17) is 0 Å². The minimum atomic E-state index is -3.23. The lowest BCUT2D eigenvalue weighted by Crippen LogP contribution is -2.40. The average molecular weight is 283 g/mol. The second-order valence-electron chi connectivity index (χ2n) is 5.04. The van der Waals surface area contributed by atoms with Gasteiger partial charge < -0.3 is 5.32 Å². The van der Waals surface area contributed by atoms with E-state index >= 15 is 0 Å². The maximum absolute atomic E-state index is 12.0. The van der Waals surface area contributed by atoms with E-state index in [0.29, 0.717) is 25.6 Å². The monoisotopic (exact) mass is 283 g/mol. The summed E-state index contributed by atoms with van der Waals surface area (Å²) in [6.45, 7) is 2.68. The molecule has 0 amide bonds. The molecule has 0 bridgehead atoms. The predicted molar refractivity (Wildman–Crippen MR) is 75.4 cm³/mol. The molecular weight excluding hydrogens is 262 g/mol. The molecule has 1 aromatic heterocycles. The van der Waals surface area contributed by atoms with Crippen molar-refractivity contribution in [2.75, 3.05) is 13.1 Å². The highest BCUT2D eigenvalue weighted by Crippen LogP contribution is 2.18. The van der Waals surface area contributed by atoms with E-state index in [9.17, 15) is 8.42 Å². The summed E-state index contributed by atoms with van der Waals surface area (Å²) < 4.78 is 26.6. The summed E-state index contributed by atoms with van der Waals surface area (Å²) in [5.74, 6) is 0. The van der Waals surface area contributed by atoms with Crippen molar-refractivity contribution < 1.29 is 8.42 Å². The van der Waals surface area contributed by atoms with Crippen molar-refractivity contribution in [1.29, 1.82) is 0 Å². The zero-order valence-electron chi connectivity index (χ0n) is 11.2. The van der Waals surface area contributed by atoms with Crippen LogP contribution in [0.4, 0.5) is 0 Å². The molecule has 0 aromatic carbocycles. The smallest absolute Gasteiger partial charge is 0.215 e. The van der Waals surface area contributed by atoms with Crippen LogP contribution in [-0.2, 0) is 16.4 Å². The third kappa shape index (κ3) is 4.89. The fourth-order valence-corrected chi connectivity index (χ4v) is 2.74. The van der Waals surface area contributed by atoms with Crippen molar-refractivity contribution in [2.45, 2.75) is 37.5 Å². The lowest BCUT2D eigenvalue weighted by molar-refractivity contribution is 0.557. The normalized spacial score (nSPS) is 17.3. The zero-order valence-corrected chi connectivity index (χ0v) is 12.0. The molecular formula is C13H21N3O2S. The van der Waals surface area contributed by atoms with Crippen LogP contribution in [0.15, 0.2) is 24.5 Å². The van der Waals surface area contributed by atoms with Gasteiger partial charge in [-0.25, -0.2) is 13.1 Å². The molecule has 0 saturated heterocycles. The molecule has 1 atom stereocenters. The first-order valence-electron chi connectivity index (χ1n) is 6.69. The quantitative estimate of drug-likeness (QED) is 0.736. The van der Waals surface area contributed by atoms with E-state index in [1.807, 2.05) is 12.1 Å². The zero-order chi connectivity index (χ0) is 13.7. The van der Waals surface area contributed by atoms with E-state index in [1.165, 1.54) is 12.8 Å². The Bertz CT molecular complexity index is 486. The molecule has 1 fully saturated rings. The third-order valence-corrected chi connectivity index (χ3v) is 5.07. The Balaban J connectivity index is 1.73. The van der Waals surface area contributed by atoms with E-state index in [2.05, 4.69) is 15.0 Å². The molecule has 2 N–H and O–H groups in total. The summed E-state index contributed by atoms with van der Waals surface area (Å²) in [7, 11) is -3.23. The largest absolute Gasteiger partial charge is 0.313 e. The number of nitrogens with zero attached hydrogens (tertiary/aromatic N) is 1. The molecule has 1 saturated carbocycles. The van der Waals surface area contributed by atoms with Crippen LogP contribution in [0.2, 0.25) is 0 Å². The molecule has 6 heteroatoms. The lowest BCUT2D eigenvalue weighted by atomic mass is 10.2. The van der Waals surface area contributed by atoms with Gasteiger partial charge in [-0.15, -0.1) is 0 Å². The fourth-order valence-electron chi connectivity index (χ4n) is 1.76. The van der Waals surface area contributed by atoms with E-state index < -0.39 is 15.3 Å². The van der Waals surface area contributed by atoms with Gasteiger partial charge in [-0.1, -0.05) is 6.07 Å². The van der Waals surface area contributed by atoms with Gasteiger partial charge in [0.15, 0.2) is 0 Å². The lowest BCUT2D eigenvalue weighted by Gasteiger charge is -2.14. The molecule has 1 aromatic rings. The van der Waals surface area contributed by atoms with Crippen LogP contribution in [0.5, 0.6) is 0 Å². The van der Waals surface area contributed by atoms with Gasteiger partial charge in [0.1, 0.15) is 0 Å². The van der Waals surface area contributed by atoms with Crippen LogP contribution in [0.25, 0.3) is 0 Å². The number of sulfonamides is 1. The van der Waals surface area contributed by atoms with Crippen molar-refractivity contribution in [3.05, 3.63) is 30.1 Å². The van der Waals surface area contributed by atoms with Crippen molar-refractivity contribution in [1.82, 2.24) is 15.0 Å². The Kier molecular flexibility index (Phi) is 4.90. The Hall–Kier alpha value is -0.980. The first-order chi connectivity index (χ1) is 9.08. The highest BCUT2D eigenvalue weighted by molar-refractivity contribution is 7.90. The van der Waals surface area contributed by atoms with E-state index in [0.717, 1.165) is 5.56 Å². The van der Waals surface area contributed by atoms with Crippen molar-refractivity contribution >= 4 is 10.0 Å². The van der Waals surface area contributed by atoms with Crippen molar-refractivity contribution in [3.8, 4) is 0 Å². The SMILES string of the molecule is CC(CNC1CC1)S(=O)(=O)NCCc1cccnc1. The summed E-state index contributed by atoms with van der Waals surface area (Å²) in [5.41, 5.74) is 1.04. The maximum Gasteiger partial charge on any atom is 0.215 e. The van der Waals surface area contributed by atoms with Gasteiger partial charge >= 0.3 is 0 Å². The van der Waals surface area contributed by atoms with Crippen molar-refractivity contribution in [3.63, 3.8) is 0 Å². The third-order valence-electron chi connectivity index (χ3n) is 3.24. The highest BCUT2D eigenvalue weighted by atomic mass is 32.2. The van der Waals surface area contributed by atoms with Crippen LogP contribution in [-0.4, -0.2) is 37.8 Å². The van der Waals surface area contributed by atoms with Gasteiger partial charge in [0.2, 0.25) is 10.0 Å². The summed E-state index contributed by atoms with van der Waals surface area (Å²) in [6.07, 6.45) is 6.46.